The molecule has 1 atom stereocenters. The predicted molar refractivity (Wildman–Crippen MR) is 45.6 cm³/mol. The highest BCUT2D eigenvalue weighted by Crippen LogP contribution is 2.16. The van der Waals surface area contributed by atoms with E-state index < -0.39 is 0 Å². The molecule has 0 aromatic rings. The molecule has 12 heavy (non-hydrogen) atoms. The van der Waals surface area contributed by atoms with Crippen molar-refractivity contribution in [1.82, 2.24) is 0 Å². The summed E-state index contributed by atoms with van der Waals surface area (Å²) < 4.78 is 4.49. The highest BCUT2D eigenvalue weighted by atomic mass is 16.5. The number of methoxy groups -OCH3 is 1. The first kappa shape index (κ1) is 11.1. The number of hydrogen-bond acceptors (Lipinski definition) is 3. The van der Waals surface area contributed by atoms with Gasteiger partial charge in [0.1, 0.15) is 5.78 Å². The van der Waals surface area contributed by atoms with E-state index in [2.05, 4.69) is 4.74 Å². The van der Waals surface area contributed by atoms with Gasteiger partial charge in [0.15, 0.2) is 0 Å². The number of esters is 1. The topological polar surface area (TPSA) is 43.4 Å². The van der Waals surface area contributed by atoms with Crippen LogP contribution in [0.1, 0.15) is 27.2 Å². The first-order chi connectivity index (χ1) is 5.49. The van der Waals surface area contributed by atoms with Crippen LogP contribution in [0.2, 0.25) is 0 Å². The molecule has 0 aliphatic heterocycles. The van der Waals surface area contributed by atoms with Crippen LogP contribution >= 0.6 is 0 Å². The minimum atomic E-state index is -0.316. The number of hydrogen-bond donors (Lipinski definition) is 0. The van der Waals surface area contributed by atoms with Crippen LogP contribution in [0.25, 0.3) is 0 Å². The third-order valence-corrected chi connectivity index (χ3v) is 1.94. The van der Waals surface area contributed by atoms with Crippen molar-refractivity contribution in [3.63, 3.8) is 0 Å². The third-order valence-electron chi connectivity index (χ3n) is 1.94. The molecule has 0 bridgehead atoms. The van der Waals surface area contributed by atoms with Crippen molar-refractivity contribution >= 4 is 11.8 Å². The maximum atomic E-state index is 11.0. The van der Waals surface area contributed by atoms with E-state index in [1.165, 1.54) is 14.0 Å². The average Bonchev–Trinajstić information content (AvgIpc) is 1.98. The lowest BCUT2D eigenvalue weighted by atomic mass is 9.89. The lowest BCUT2D eigenvalue weighted by Gasteiger charge is -2.15. The Morgan fingerprint density at radius 1 is 1.33 bits per heavy atom. The summed E-state index contributed by atoms with van der Waals surface area (Å²) in [5.41, 5.74) is 0. The van der Waals surface area contributed by atoms with Gasteiger partial charge in [0.25, 0.3) is 0 Å². The molecule has 0 aliphatic carbocycles. The summed E-state index contributed by atoms with van der Waals surface area (Å²) in [6, 6.07) is 0. The number of carbonyl (C=O) groups is 2. The molecule has 0 amide bonds. The minimum Gasteiger partial charge on any atom is -0.469 e. The molecule has 0 saturated heterocycles. The van der Waals surface area contributed by atoms with E-state index >= 15 is 0 Å². The molecule has 0 saturated carbocycles. The van der Waals surface area contributed by atoms with E-state index in [-0.39, 0.29) is 30.0 Å². The average molecular weight is 172 g/mol. The van der Waals surface area contributed by atoms with Crippen molar-refractivity contribution in [2.75, 3.05) is 7.11 Å². The molecule has 0 aromatic heterocycles. The highest BCUT2D eigenvalue weighted by Gasteiger charge is 2.21. The van der Waals surface area contributed by atoms with E-state index in [0.717, 1.165) is 0 Å². The Morgan fingerprint density at radius 2 is 1.83 bits per heavy atom. The van der Waals surface area contributed by atoms with Gasteiger partial charge in [-0.2, -0.15) is 0 Å². The summed E-state index contributed by atoms with van der Waals surface area (Å²) in [5.74, 6) is -0.265. The van der Waals surface area contributed by atoms with Gasteiger partial charge in [-0.15, -0.1) is 0 Å². The van der Waals surface area contributed by atoms with Gasteiger partial charge >= 0.3 is 5.97 Å². The summed E-state index contributed by atoms with van der Waals surface area (Å²) in [7, 11) is 1.33. The summed E-state index contributed by atoms with van der Waals surface area (Å²) in [4.78, 5) is 21.9. The Bertz CT molecular complexity index is 173. The van der Waals surface area contributed by atoms with Crippen LogP contribution in [0.4, 0.5) is 0 Å². The Balaban J connectivity index is 4.14. The van der Waals surface area contributed by atoms with Crippen LogP contribution in [0.15, 0.2) is 0 Å². The van der Waals surface area contributed by atoms with Crippen molar-refractivity contribution in [2.45, 2.75) is 27.2 Å². The van der Waals surface area contributed by atoms with Crippen LogP contribution in [-0.4, -0.2) is 18.9 Å². The van der Waals surface area contributed by atoms with Gasteiger partial charge in [-0.3, -0.25) is 9.59 Å². The van der Waals surface area contributed by atoms with Crippen molar-refractivity contribution in [3.8, 4) is 0 Å². The highest BCUT2D eigenvalue weighted by molar-refractivity contribution is 5.83. The van der Waals surface area contributed by atoms with Crippen molar-refractivity contribution < 1.29 is 14.3 Å². The second kappa shape index (κ2) is 4.91. The van der Waals surface area contributed by atoms with Gasteiger partial charge in [0.2, 0.25) is 0 Å². The third kappa shape index (κ3) is 3.51. The first-order valence-corrected chi connectivity index (χ1v) is 4.06. The number of carbonyl (C=O) groups excluding carboxylic acids is 2. The molecule has 70 valence electrons. The molecule has 0 radical (unpaired) electrons. The lowest BCUT2D eigenvalue weighted by molar-refractivity contribution is -0.144. The van der Waals surface area contributed by atoms with E-state index in [1.54, 1.807) is 0 Å². The zero-order chi connectivity index (χ0) is 9.72. The molecule has 3 heteroatoms. The SMILES string of the molecule is COC(=O)C[C@H](C(C)=O)C(C)C. The van der Waals surface area contributed by atoms with Crippen molar-refractivity contribution in [2.24, 2.45) is 11.8 Å². The summed E-state index contributed by atoms with van der Waals surface area (Å²) >= 11 is 0. The molecule has 0 fully saturated rings. The van der Waals surface area contributed by atoms with Gasteiger partial charge in [-0.05, 0) is 12.8 Å². The second-order valence-electron chi connectivity index (χ2n) is 3.24. The van der Waals surface area contributed by atoms with E-state index in [0.29, 0.717) is 0 Å². The molecule has 0 unspecified atom stereocenters. The van der Waals surface area contributed by atoms with Gasteiger partial charge in [0, 0.05) is 5.92 Å². The maximum Gasteiger partial charge on any atom is 0.306 e. The predicted octanol–water partition coefficient (Wildman–Crippen LogP) is 1.41. The lowest BCUT2D eigenvalue weighted by Crippen LogP contribution is -2.21. The number of Topliss-reactive ketones (excluding diaryl/α,β-unsaturated/α-hetero) is 1. The smallest absolute Gasteiger partial charge is 0.306 e. The van der Waals surface area contributed by atoms with Gasteiger partial charge < -0.3 is 4.74 Å². The standard InChI is InChI=1S/C9H16O3/c1-6(2)8(7(3)10)5-9(11)12-4/h6,8H,5H2,1-4H3/t8-/m0/s1. The van der Waals surface area contributed by atoms with Crippen LogP contribution in [-0.2, 0) is 14.3 Å². The molecule has 0 N–H and O–H groups in total. The Morgan fingerprint density at radius 3 is 2.08 bits per heavy atom. The zero-order valence-corrected chi connectivity index (χ0v) is 8.09. The fourth-order valence-electron chi connectivity index (χ4n) is 1.11. The molecule has 0 aliphatic rings. The van der Waals surface area contributed by atoms with Crippen LogP contribution in [0, 0.1) is 11.8 Å². The largest absolute Gasteiger partial charge is 0.469 e. The molecule has 0 spiro atoms. The van der Waals surface area contributed by atoms with Crippen LogP contribution < -0.4 is 0 Å². The molecular formula is C9H16O3. The Labute approximate surface area is 73.1 Å². The second-order valence-corrected chi connectivity index (χ2v) is 3.24. The van der Waals surface area contributed by atoms with Gasteiger partial charge in [0.05, 0.1) is 13.5 Å². The van der Waals surface area contributed by atoms with E-state index in [9.17, 15) is 9.59 Å². The van der Waals surface area contributed by atoms with Gasteiger partial charge in [-0.25, -0.2) is 0 Å². The van der Waals surface area contributed by atoms with E-state index in [4.69, 9.17) is 0 Å². The summed E-state index contributed by atoms with van der Waals surface area (Å²) in [6.45, 7) is 5.36. The quantitative estimate of drug-likeness (QED) is 0.602. The van der Waals surface area contributed by atoms with E-state index in [1.807, 2.05) is 13.8 Å². The zero-order valence-electron chi connectivity index (χ0n) is 8.09. The summed E-state index contributed by atoms with van der Waals surface area (Å²) in [5, 5.41) is 0. The Hall–Kier alpha value is -0.860. The minimum absolute atomic E-state index is 0.0513. The number of rotatable bonds is 4. The Kier molecular flexibility index (Phi) is 4.55. The fraction of sp³-hybridized carbons (Fsp3) is 0.778. The molecule has 3 nitrogen and oxygen atoms in total. The summed E-state index contributed by atoms with van der Waals surface area (Å²) in [6.07, 6.45) is 0.198. The monoisotopic (exact) mass is 172 g/mol. The van der Waals surface area contributed by atoms with Crippen molar-refractivity contribution in [1.29, 1.82) is 0 Å². The maximum absolute atomic E-state index is 11.0. The molecule has 0 aromatic carbocycles. The number of ether oxygens (including phenoxy) is 1. The normalized spacial score (nSPS) is 12.8. The van der Waals surface area contributed by atoms with Gasteiger partial charge in [-0.1, -0.05) is 13.8 Å². The molecular weight excluding hydrogens is 156 g/mol. The molecule has 0 heterocycles. The first-order valence-electron chi connectivity index (χ1n) is 4.06. The fourth-order valence-corrected chi connectivity index (χ4v) is 1.11. The van der Waals surface area contributed by atoms with Crippen LogP contribution in [0.3, 0.4) is 0 Å². The van der Waals surface area contributed by atoms with Crippen molar-refractivity contribution in [3.05, 3.63) is 0 Å². The van der Waals surface area contributed by atoms with Crippen LogP contribution in [0.5, 0.6) is 0 Å². The molecule has 0 rings (SSSR count). The number of ketones is 1.